The smallest absolute Gasteiger partial charge is 0.253 e. The molecule has 0 unspecified atom stereocenters. The molecule has 0 aliphatic rings. The fraction of sp³-hybridized carbons (Fsp3) is 0. The largest absolute Gasteiger partial charge is 0.276 e. The molecule has 0 aromatic heterocycles. The second-order valence-corrected chi connectivity index (χ2v) is 4.81. The number of halogens is 3. The number of hydrogen-bond donors (Lipinski definition) is 0. The Labute approximate surface area is 123 Å². The lowest BCUT2D eigenvalue weighted by molar-refractivity contribution is 0.107. The van der Waals surface area contributed by atoms with Crippen LogP contribution in [0.1, 0.15) is 31.1 Å². The Morgan fingerprint density at radius 1 is 0.737 bits per heavy atom. The molecule has 0 radical (unpaired) electrons. The van der Waals surface area contributed by atoms with Crippen LogP contribution in [0, 0.1) is 0 Å². The SMILES string of the molecule is O=C(Cl)c1ccc2c(C(=O)Cl)cc(C(=O)Cl)cc2c1. The summed E-state index contributed by atoms with van der Waals surface area (Å²) in [6.07, 6.45) is 0. The molecule has 0 aliphatic carbocycles. The van der Waals surface area contributed by atoms with Crippen molar-refractivity contribution in [1.82, 2.24) is 0 Å². The van der Waals surface area contributed by atoms with Crippen molar-refractivity contribution >= 4 is 61.3 Å². The van der Waals surface area contributed by atoms with Crippen LogP contribution in [0.3, 0.4) is 0 Å². The van der Waals surface area contributed by atoms with E-state index in [-0.39, 0.29) is 16.7 Å². The second-order valence-electron chi connectivity index (χ2n) is 3.78. The molecule has 96 valence electrons. The molecule has 2 rings (SSSR count). The highest BCUT2D eigenvalue weighted by Crippen LogP contribution is 2.25. The van der Waals surface area contributed by atoms with E-state index in [1.54, 1.807) is 6.07 Å². The first-order valence-electron chi connectivity index (χ1n) is 5.07. The summed E-state index contributed by atoms with van der Waals surface area (Å²) in [7, 11) is 0. The van der Waals surface area contributed by atoms with E-state index in [9.17, 15) is 14.4 Å². The van der Waals surface area contributed by atoms with Crippen LogP contribution in [0.15, 0.2) is 30.3 Å². The van der Waals surface area contributed by atoms with Crippen LogP contribution in [0.4, 0.5) is 0 Å². The number of fused-ring (bicyclic) bond motifs is 1. The topological polar surface area (TPSA) is 51.2 Å². The van der Waals surface area contributed by atoms with Crippen molar-refractivity contribution in [1.29, 1.82) is 0 Å². The normalized spacial score (nSPS) is 10.5. The zero-order chi connectivity index (χ0) is 14.2. The highest BCUT2D eigenvalue weighted by molar-refractivity contribution is 6.70. The van der Waals surface area contributed by atoms with Crippen LogP contribution in [0.5, 0.6) is 0 Å². The fourth-order valence-corrected chi connectivity index (χ4v) is 2.15. The molecule has 0 heterocycles. The summed E-state index contributed by atoms with van der Waals surface area (Å²) in [6.45, 7) is 0. The molecule has 0 fully saturated rings. The maximum absolute atomic E-state index is 11.4. The van der Waals surface area contributed by atoms with Gasteiger partial charge in [0.05, 0.1) is 0 Å². The van der Waals surface area contributed by atoms with Crippen LogP contribution >= 0.6 is 34.8 Å². The van der Waals surface area contributed by atoms with Gasteiger partial charge in [-0.15, -0.1) is 0 Å². The summed E-state index contributed by atoms with van der Waals surface area (Å²) < 4.78 is 0. The van der Waals surface area contributed by atoms with Gasteiger partial charge in [0.15, 0.2) is 0 Å². The van der Waals surface area contributed by atoms with Gasteiger partial charge in [-0.1, -0.05) is 6.07 Å². The number of benzene rings is 2. The van der Waals surface area contributed by atoms with Gasteiger partial charge in [-0.05, 0) is 69.8 Å². The first kappa shape index (κ1) is 14.0. The zero-order valence-corrected chi connectivity index (χ0v) is 11.5. The lowest BCUT2D eigenvalue weighted by Gasteiger charge is -2.06. The lowest BCUT2D eigenvalue weighted by Crippen LogP contribution is -1.98. The van der Waals surface area contributed by atoms with E-state index in [0.29, 0.717) is 10.8 Å². The van der Waals surface area contributed by atoms with Crippen LogP contribution < -0.4 is 0 Å². The molecular weight excluding hydrogens is 310 g/mol. The summed E-state index contributed by atoms with van der Waals surface area (Å²) in [5.74, 6) is 0. The highest BCUT2D eigenvalue weighted by Gasteiger charge is 2.14. The molecule has 6 heteroatoms. The van der Waals surface area contributed by atoms with E-state index in [0.717, 1.165) is 0 Å². The number of hydrogen-bond acceptors (Lipinski definition) is 3. The summed E-state index contributed by atoms with van der Waals surface area (Å²) in [4.78, 5) is 33.7. The van der Waals surface area contributed by atoms with Gasteiger partial charge in [-0.2, -0.15) is 0 Å². The second kappa shape index (κ2) is 5.29. The highest BCUT2D eigenvalue weighted by atomic mass is 35.5. The van der Waals surface area contributed by atoms with Gasteiger partial charge in [0.1, 0.15) is 0 Å². The standard InChI is InChI=1S/C13H5Cl3O3/c14-11(17)6-1-2-9-7(3-6)4-8(12(15)18)5-10(9)13(16)19/h1-5H. The maximum Gasteiger partial charge on any atom is 0.253 e. The Hall–Kier alpha value is -1.42. The van der Waals surface area contributed by atoms with Crippen molar-refractivity contribution in [2.45, 2.75) is 0 Å². The molecule has 0 amide bonds. The third-order valence-electron chi connectivity index (χ3n) is 2.62. The van der Waals surface area contributed by atoms with Crippen molar-refractivity contribution in [3.05, 3.63) is 47.0 Å². The maximum atomic E-state index is 11.4. The number of rotatable bonds is 3. The van der Waals surface area contributed by atoms with Gasteiger partial charge in [-0.3, -0.25) is 14.4 Å². The molecule has 0 atom stereocenters. The Bertz CT molecular complexity index is 717. The molecule has 0 aliphatic heterocycles. The van der Waals surface area contributed by atoms with E-state index in [2.05, 4.69) is 0 Å². The van der Waals surface area contributed by atoms with E-state index < -0.39 is 15.7 Å². The summed E-state index contributed by atoms with van der Waals surface area (Å²) >= 11 is 16.3. The van der Waals surface area contributed by atoms with Crippen molar-refractivity contribution in [2.24, 2.45) is 0 Å². The predicted octanol–water partition coefficient (Wildman–Crippen LogP) is 3.98. The van der Waals surface area contributed by atoms with Gasteiger partial charge in [-0.25, -0.2) is 0 Å². The van der Waals surface area contributed by atoms with Crippen LogP contribution in [0.25, 0.3) is 10.8 Å². The quantitative estimate of drug-likeness (QED) is 0.805. The van der Waals surface area contributed by atoms with Gasteiger partial charge in [0.2, 0.25) is 0 Å². The minimum atomic E-state index is -0.719. The van der Waals surface area contributed by atoms with Gasteiger partial charge < -0.3 is 0 Å². The molecule has 19 heavy (non-hydrogen) atoms. The monoisotopic (exact) mass is 314 g/mol. The lowest BCUT2D eigenvalue weighted by atomic mass is 10.00. The van der Waals surface area contributed by atoms with Crippen LogP contribution in [-0.4, -0.2) is 15.7 Å². The molecule has 2 aromatic carbocycles. The Kier molecular flexibility index (Phi) is 3.90. The van der Waals surface area contributed by atoms with Crippen LogP contribution in [0.2, 0.25) is 0 Å². The Morgan fingerprint density at radius 3 is 1.84 bits per heavy atom. The average Bonchev–Trinajstić information content (AvgIpc) is 2.36. The van der Waals surface area contributed by atoms with E-state index in [1.165, 1.54) is 24.3 Å². The average molecular weight is 316 g/mol. The van der Waals surface area contributed by atoms with Gasteiger partial charge in [0, 0.05) is 16.7 Å². The summed E-state index contributed by atoms with van der Waals surface area (Å²) in [6, 6.07) is 7.27. The predicted molar refractivity (Wildman–Crippen MR) is 74.5 cm³/mol. The minimum Gasteiger partial charge on any atom is -0.276 e. The third kappa shape index (κ3) is 2.78. The zero-order valence-electron chi connectivity index (χ0n) is 9.25. The third-order valence-corrected chi connectivity index (χ3v) is 3.26. The van der Waals surface area contributed by atoms with E-state index in [4.69, 9.17) is 34.8 Å². The molecule has 3 nitrogen and oxygen atoms in total. The molecule has 2 aromatic rings. The van der Waals surface area contributed by atoms with Gasteiger partial charge >= 0.3 is 0 Å². The van der Waals surface area contributed by atoms with Crippen LogP contribution in [-0.2, 0) is 0 Å². The Morgan fingerprint density at radius 2 is 1.32 bits per heavy atom. The first-order valence-corrected chi connectivity index (χ1v) is 6.21. The molecule has 0 saturated carbocycles. The Balaban J connectivity index is 2.83. The van der Waals surface area contributed by atoms with Crippen molar-refractivity contribution in [2.75, 3.05) is 0 Å². The number of carbonyl (C=O) groups excluding carboxylic acids is 3. The van der Waals surface area contributed by atoms with Crippen molar-refractivity contribution in [3.8, 4) is 0 Å². The summed E-state index contributed by atoms with van der Waals surface area (Å²) in [5.41, 5.74) is 0.524. The van der Waals surface area contributed by atoms with Gasteiger partial charge in [0.25, 0.3) is 15.7 Å². The molecule has 0 saturated heterocycles. The number of carbonyl (C=O) groups is 3. The first-order chi connectivity index (χ1) is 8.90. The fourth-order valence-electron chi connectivity index (χ4n) is 1.77. The molecular formula is C13H5Cl3O3. The summed E-state index contributed by atoms with van der Waals surface area (Å²) in [5, 5.41) is -1.06. The molecule has 0 spiro atoms. The van der Waals surface area contributed by atoms with E-state index >= 15 is 0 Å². The van der Waals surface area contributed by atoms with Crippen molar-refractivity contribution < 1.29 is 14.4 Å². The molecule has 0 N–H and O–H groups in total. The minimum absolute atomic E-state index is 0.123. The van der Waals surface area contributed by atoms with E-state index in [1.807, 2.05) is 0 Å². The molecule has 0 bridgehead atoms. The van der Waals surface area contributed by atoms with Crippen molar-refractivity contribution in [3.63, 3.8) is 0 Å².